The van der Waals surface area contributed by atoms with Gasteiger partial charge in [0.1, 0.15) is 23.1 Å². The van der Waals surface area contributed by atoms with Crippen LogP contribution in [0.4, 0.5) is 13.2 Å². The molecule has 0 radical (unpaired) electrons. The van der Waals surface area contributed by atoms with Crippen molar-refractivity contribution in [3.8, 4) is 34.4 Å². The molecule has 0 unspecified atom stereocenters. The lowest BCUT2D eigenvalue weighted by molar-refractivity contribution is -0.140. The SMILES string of the molecule is COc1cccc2oc(-c3c(C(F)(F)F)nc4c(-c5ccccc5)c(C#N)[nH]n4c3=O)nc12. The second kappa shape index (κ2) is 7.23. The second-order valence-corrected chi connectivity index (χ2v) is 6.96. The number of aromatic nitrogens is 4. The van der Waals surface area contributed by atoms with E-state index < -0.39 is 28.9 Å². The number of benzene rings is 2. The Balaban J connectivity index is 1.89. The summed E-state index contributed by atoms with van der Waals surface area (Å²) >= 11 is 0. The normalized spacial score (nSPS) is 11.7. The molecule has 0 bridgehead atoms. The molecule has 0 aliphatic heterocycles. The third-order valence-electron chi connectivity index (χ3n) is 5.04. The molecule has 3 aromatic heterocycles. The molecular formula is C22H12F3N5O3. The van der Waals surface area contributed by atoms with E-state index in [2.05, 4.69) is 15.1 Å². The van der Waals surface area contributed by atoms with Crippen molar-refractivity contribution in [3.05, 3.63) is 70.3 Å². The predicted molar refractivity (Wildman–Crippen MR) is 111 cm³/mol. The van der Waals surface area contributed by atoms with Crippen molar-refractivity contribution in [3.63, 3.8) is 0 Å². The van der Waals surface area contributed by atoms with Crippen LogP contribution in [0.25, 0.3) is 39.3 Å². The largest absolute Gasteiger partial charge is 0.494 e. The van der Waals surface area contributed by atoms with Crippen molar-refractivity contribution in [1.82, 2.24) is 19.6 Å². The molecule has 33 heavy (non-hydrogen) atoms. The Labute approximate surface area is 182 Å². The third kappa shape index (κ3) is 3.11. The number of H-pyrrole nitrogens is 1. The topological polar surface area (TPSA) is 109 Å². The van der Waals surface area contributed by atoms with Gasteiger partial charge in [0.05, 0.1) is 12.7 Å². The Morgan fingerprint density at radius 3 is 2.52 bits per heavy atom. The van der Waals surface area contributed by atoms with Crippen LogP contribution < -0.4 is 10.3 Å². The van der Waals surface area contributed by atoms with Gasteiger partial charge in [-0.15, -0.1) is 0 Å². The average molecular weight is 451 g/mol. The van der Waals surface area contributed by atoms with E-state index in [1.54, 1.807) is 42.5 Å². The minimum absolute atomic E-state index is 0.0754. The molecule has 0 aliphatic carbocycles. The van der Waals surface area contributed by atoms with Gasteiger partial charge in [-0.2, -0.15) is 22.9 Å². The minimum Gasteiger partial charge on any atom is -0.494 e. The van der Waals surface area contributed by atoms with E-state index in [0.717, 1.165) is 4.52 Å². The molecule has 0 amide bonds. The molecule has 5 rings (SSSR count). The van der Waals surface area contributed by atoms with Crippen molar-refractivity contribution in [2.45, 2.75) is 6.18 Å². The number of nitrogens with zero attached hydrogens (tertiary/aromatic N) is 4. The summed E-state index contributed by atoms with van der Waals surface area (Å²) < 4.78 is 53.7. The maximum Gasteiger partial charge on any atom is 0.434 e. The van der Waals surface area contributed by atoms with Crippen LogP contribution in [-0.2, 0) is 6.18 Å². The Kier molecular flexibility index (Phi) is 4.45. The van der Waals surface area contributed by atoms with E-state index in [0.29, 0.717) is 5.56 Å². The first-order chi connectivity index (χ1) is 15.8. The first kappa shape index (κ1) is 20.3. The van der Waals surface area contributed by atoms with Crippen LogP contribution in [0.1, 0.15) is 11.4 Å². The van der Waals surface area contributed by atoms with Crippen LogP contribution in [0.3, 0.4) is 0 Å². The lowest BCUT2D eigenvalue weighted by atomic mass is 10.1. The summed E-state index contributed by atoms with van der Waals surface area (Å²) in [6, 6.07) is 14.7. The molecule has 0 aliphatic rings. The zero-order valence-electron chi connectivity index (χ0n) is 16.8. The molecule has 0 saturated heterocycles. The third-order valence-corrected chi connectivity index (χ3v) is 5.04. The smallest absolute Gasteiger partial charge is 0.434 e. The highest BCUT2D eigenvalue weighted by Gasteiger charge is 2.40. The number of nitrogens with one attached hydrogen (secondary N) is 1. The van der Waals surface area contributed by atoms with Gasteiger partial charge in [0, 0.05) is 0 Å². The number of methoxy groups -OCH3 is 1. The van der Waals surface area contributed by atoms with E-state index in [4.69, 9.17) is 9.15 Å². The summed E-state index contributed by atoms with van der Waals surface area (Å²) in [6.07, 6.45) is -5.01. The minimum atomic E-state index is -5.01. The van der Waals surface area contributed by atoms with E-state index in [-0.39, 0.29) is 33.8 Å². The van der Waals surface area contributed by atoms with E-state index >= 15 is 0 Å². The Morgan fingerprint density at radius 1 is 1.09 bits per heavy atom. The van der Waals surface area contributed by atoms with Crippen molar-refractivity contribution in [2.75, 3.05) is 7.11 Å². The van der Waals surface area contributed by atoms with E-state index in [9.17, 15) is 23.2 Å². The highest BCUT2D eigenvalue weighted by atomic mass is 19.4. The zero-order valence-corrected chi connectivity index (χ0v) is 16.8. The number of nitriles is 1. The first-order valence-corrected chi connectivity index (χ1v) is 9.49. The van der Waals surface area contributed by atoms with E-state index in [1.807, 2.05) is 6.07 Å². The molecule has 8 nitrogen and oxygen atoms in total. The maximum absolute atomic E-state index is 14.1. The summed E-state index contributed by atoms with van der Waals surface area (Å²) in [5.74, 6) is -0.300. The maximum atomic E-state index is 14.1. The van der Waals surface area contributed by atoms with Crippen LogP contribution >= 0.6 is 0 Å². The number of halogens is 3. The number of para-hydroxylation sites is 1. The first-order valence-electron chi connectivity index (χ1n) is 9.49. The number of hydrogen-bond acceptors (Lipinski definition) is 6. The Morgan fingerprint density at radius 2 is 1.85 bits per heavy atom. The molecule has 1 N–H and O–H groups in total. The van der Waals surface area contributed by atoms with Gasteiger partial charge in [0.2, 0.25) is 5.89 Å². The molecule has 0 fully saturated rings. The zero-order chi connectivity index (χ0) is 23.3. The Hall–Kier alpha value is -4.59. The van der Waals surface area contributed by atoms with Crippen molar-refractivity contribution in [1.29, 1.82) is 5.26 Å². The average Bonchev–Trinajstić information content (AvgIpc) is 3.40. The van der Waals surface area contributed by atoms with Gasteiger partial charge < -0.3 is 9.15 Å². The number of rotatable bonds is 3. The van der Waals surface area contributed by atoms with Crippen LogP contribution in [0.2, 0.25) is 0 Å². The number of aromatic amines is 1. The van der Waals surface area contributed by atoms with Crippen LogP contribution in [-0.4, -0.2) is 26.7 Å². The van der Waals surface area contributed by atoms with E-state index in [1.165, 1.54) is 13.2 Å². The van der Waals surface area contributed by atoms with Gasteiger partial charge in [-0.1, -0.05) is 36.4 Å². The fourth-order valence-corrected chi connectivity index (χ4v) is 3.62. The standard InChI is InChI=1S/C22H12F3N5O3/c1-32-13-8-5-9-14-17(13)27-20(33-14)16-18(22(23,24)25)28-19-15(11-6-3-2-4-7-11)12(10-26)29-30(19)21(16)31/h2-9,29H,1H3. The molecule has 0 spiro atoms. The highest BCUT2D eigenvalue weighted by Crippen LogP contribution is 2.37. The monoisotopic (exact) mass is 451 g/mol. The molecule has 5 aromatic rings. The van der Waals surface area contributed by atoms with Gasteiger partial charge in [-0.05, 0) is 17.7 Å². The van der Waals surface area contributed by atoms with Crippen molar-refractivity contribution >= 4 is 16.7 Å². The molecule has 11 heteroatoms. The fraction of sp³-hybridized carbons (Fsp3) is 0.0909. The number of hydrogen-bond donors (Lipinski definition) is 1. The lowest BCUT2D eigenvalue weighted by Crippen LogP contribution is -2.24. The number of oxazole rings is 1. The molecule has 164 valence electrons. The number of alkyl halides is 3. The van der Waals surface area contributed by atoms with Crippen LogP contribution in [0, 0.1) is 11.3 Å². The fourth-order valence-electron chi connectivity index (χ4n) is 3.62. The molecule has 0 saturated carbocycles. The van der Waals surface area contributed by atoms with Gasteiger partial charge in [0.15, 0.2) is 22.4 Å². The van der Waals surface area contributed by atoms with Crippen LogP contribution in [0.5, 0.6) is 5.75 Å². The van der Waals surface area contributed by atoms with Crippen molar-refractivity contribution < 1.29 is 22.3 Å². The predicted octanol–water partition coefficient (Wildman–Crippen LogP) is 4.40. The molecule has 2 aromatic carbocycles. The van der Waals surface area contributed by atoms with Gasteiger partial charge in [-0.3, -0.25) is 9.89 Å². The van der Waals surface area contributed by atoms with Gasteiger partial charge >= 0.3 is 6.18 Å². The van der Waals surface area contributed by atoms with Gasteiger partial charge in [-0.25, -0.2) is 9.97 Å². The second-order valence-electron chi connectivity index (χ2n) is 6.96. The summed E-state index contributed by atoms with van der Waals surface area (Å²) in [6.45, 7) is 0. The summed E-state index contributed by atoms with van der Waals surface area (Å²) in [5, 5.41) is 12.1. The lowest BCUT2D eigenvalue weighted by Gasteiger charge is -2.10. The van der Waals surface area contributed by atoms with Crippen molar-refractivity contribution in [2.24, 2.45) is 0 Å². The summed E-state index contributed by atoms with van der Waals surface area (Å²) in [7, 11) is 1.38. The Bertz CT molecular complexity index is 1630. The van der Waals surface area contributed by atoms with Gasteiger partial charge in [0.25, 0.3) is 5.56 Å². The summed E-state index contributed by atoms with van der Waals surface area (Å²) in [4.78, 5) is 21.1. The molecule has 0 atom stereocenters. The van der Waals surface area contributed by atoms with Crippen LogP contribution in [0.15, 0.2) is 57.7 Å². The molecule has 3 heterocycles. The number of fused-ring (bicyclic) bond motifs is 2. The quantitative estimate of drug-likeness (QED) is 0.436. The number of ether oxygens (including phenoxy) is 1. The highest BCUT2D eigenvalue weighted by molar-refractivity contribution is 5.84. The molecular weight excluding hydrogens is 439 g/mol. The summed E-state index contributed by atoms with van der Waals surface area (Å²) in [5.41, 5.74) is -3.14.